The topological polar surface area (TPSA) is 63.2 Å². The van der Waals surface area contributed by atoms with Crippen molar-refractivity contribution >= 4 is 31.7 Å². The Morgan fingerprint density at radius 2 is 1.65 bits per heavy atom. The van der Waals surface area contributed by atoms with Crippen molar-refractivity contribution < 1.29 is 13.2 Å². The molecular formula is C17H18BrNO3S. The van der Waals surface area contributed by atoms with Crippen LogP contribution in [0.2, 0.25) is 0 Å². The van der Waals surface area contributed by atoms with Crippen LogP contribution < -0.4 is 5.32 Å². The van der Waals surface area contributed by atoms with Crippen molar-refractivity contribution in [2.24, 2.45) is 0 Å². The van der Waals surface area contributed by atoms with Gasteiger partial charge in [-0.2, -0.15) is 0 Å². The average Bonchev–Trinajstić information content (AvgIpc) is 2.46. The number of hydrogen-bond donors (Lipinski definition) is 1. The van der Waals surface area contributed by atoms with E-state index in [9.17, 15) is 13.2 Å². The summed E-state index contributed by atoms with van der Waals surface area (Å²) in [5, 5.41) is 2.93. The van der Waals surface area contributed by atoms with Crippen molar-refractivity contribution in [3.8, 4) is 0 Å². The number of carbonyl (C=O) groups is 1. The average molecular weight is 396 g/mol. The van der Waals surface area contributed by atoms with Gasteiger partial charge in [0.1, 0.15) is 0 Å². The first-order chi connectivity index (χ1) is 10.7. The fourth-order valence-electron chi connectivity index (χ4n) is 2.17. The predicted octanol–water partition coefficient (Wildman–Crippen LogP) is 3.48. The molecule has 0 unspecified atom stereocenters. The molecule has 6 heteroatoms. The summed E-state index contributed by atoms with van der Waals surface area (Å²) in [5.41, 5.74) is 2.19. The monoisotopic (exact) mass is 395 g/mol. The molecule has 122 valence electrons. The van der Waals surface area contributed by atoms with Gasteiger partial charge in [0.2, 0.25) is 0 Å². The summed E-state index contributed by atoms with van der Waals surface area (Å²) < 4.78 is 23.5. The van der Waals surface area contributed by atoms with E-state index in [1.165, 1.54) is 6.26 Å². The first kappa shape index (κ1) is 17.7. The van der Waals surface area contributed by atoms with E-state index in [-0.39, 0.29) is 17.7 Å². The van der Waals surface area contributed by atoms with Gasteiger partial charge in [0.05, 0.1) is 11.8 Å². The van der Waals surface area contributed by atoms with Crippen molar-refractivity contribution in [1.82, 2.24) is 5.32 Å². The van der Waals surface area contributed by atoms with Crippen LogP contribution in [0.5, 0.6) is 0 Å². The van der Waals surface area contributed by atoms with E-state index in [0.29, 0.717) is 11.1 Å². The molecule has 4 nitrogen and oxygen atoms in total. The highest BCUT2D eigenvalue weighted by Gasteiger charge is 2.12. The third-order valence-electron chi connectivity index (χ3n) is 3.36. The second-order valence-corrected chi connectivity index (χ2v) is 8.57. The molecule has 0 aliphatic heterocycles. The summed E-state index contributed by atoms with van der Waals surface area (Å²) in [6, 6.07) is 14.3. The number of hydrogen-bond acceptors (Lipinski definition) is 3. The van der Waals surface area contributed by atoms with Gasteiger partial charge < -0.3 is 5.32 Å². The Hall–Kier alpha value is -1.66. The molecule has 0 saturated carbocycles. The van der Waals surface area contributed by atoms with Crippen molar-refractivity contribution in [2.75, 3.05) is 6.26 Å². The lowest BCUT2D eigenvalue weighted by Crippen LogP contribution is -2.26. The minimum Gasteiger partial charge on any atom is -0.346 e. The van der Waals surface area contributed by atoms with Gasteiger partial charge in [0, 0.05) is 16.3 Å². The highest BCUT2D eigenvalue weighted by molar-refractivity contribution is 9.10. The fraction of sp³-hybridized carbons (Fsp3) is 0.235. The molecule has 23 heavy (non-hydrogen) atoms. The smallest absolute Gasteiger partial charge is 0.251 e. The Labute approximate surface area is 145 Å². The van der Waals surface area contributed by atoms with E-state index in [1.54, 1.807) is 24.3 Å². The molecule has 0 spiro atoms. The van der Waals surface area contributed by atoms with Gasteiger partial charge in [-0.1, -0.05) is 40.2 Å². The molecule has 2 aromatic carbocycles. The standard InChI is InChI=1S/C17H18BrNO3S/c1-12(14-7-9-16(18)10-8-14)19-17(20)15-5-3-13(4-6-15)11-23(2,21)22/h3-10,12H,11H2,1-2H3,(H,19,20)/t12-/m1/s1. The Kier molecular flexibility index (Phi) is 5.59. The second-order valence-electron chi connectivity index (χ2n) is 5.51. The highest BCUT2D eigenvalue weighted by Crippen LogP contribution is 2.17. The van der Waals surface area contributed by atoms with E-state index in [4.69, 9.17) is 0 Å². The van der Waals surface area contributed by atoms with Crippen LogP contribution >= 0.6 is 15.9 Å². The zero-order valence-corrected chi connectivity index (χ0v) is 15.3. The van der Waals surface area contributed by atoms with Crippen LogP contribution in [-0.4, -0.2) is 20.6 Å². The molecule has 0 aromatic heterocycles. The van der Waals surface area contributed by atoms with Gasteiger partial charge in [0.25, 0.3) is 5.91 Å². The van der Waals surface area contributed by atoms with Crippen LogP contribution in [0, 0.1) is 0 Å². The number of nitrogens with one attached hydrogen (secondary N) is 1. The van der Waals surface area contributed by atoms with Crippen LogP contribution in [0.4, 0.5) is 0 Å². The van der Waals surface area contributed by atoms with Gasteiger partial charge in [0.15, 0.2) is 9.84 Å². The SMILES string of the molecule is C[C@@H](NC(=O)c1ccc(CS(C)(=O)=O)cc1)c1ccc(Br)cc1. The zero-order chi connectivity index (χ0) is 17.0. The minimum absolute atomic E-state index is 0.0236. The van der Waals surface area contributed by atoms with Crippen LogP contribution in [0.3, 0.4) is 0 Å². The Balaban J connectivity index is 2.04. The molecule has 0 saturated heterocycles. The van der Waals surface area contributed by atoms with E-state index in [2.05, 4.69) is 21.2 Å². The summed E-state index contributed by atoms with van der Waals surface area (Å²) in [5.74, 6) is -0.212. The maximum Gasteiger partial charge on any atom is 0.251 e. The number of rotatable bonds is 5. The largest absolute Gasteiger partial charge is 0.346 e. The van der Waals surface area contributed by atoms with Crippen LogP contribution in [0.25, 0.3) is 0 Å². The van der Waals surface area contributed by atoms with Gasteiger partial charge in [-0.3, -0.25) is 4.79 Å². The first-order valence-corrected chi connectivity index (χ1v) is 9.93. The molecule has 1 atom stereocenters. The number of sulfone groups is 1. The van der Waals surface area contributed by atoms with Crippen molar-refractivity contribution in [3.05, 3.63) is 69.7 Å². The Morgan fingerprint density at radius 3 is 2.17 bits per heavy atom. The lowest BCUT2D eigenvalue weighted by atomic mass is 10.1. The lowest BCUT2D eigenvalue weighted by molar-refractivity contribution is 0.0940. The van der Waals surface area contributed by atoms with Crippen molar-refractivity contribution in [2.45, 2.75) is 18.7 Å². The fourth-order valence-corrected chi connectivity index (χ4v) is 3.23. The predicted molar refractivity (Wildman–Crippen MR) is 95.0 cm³/mol. The molecule has 1 N–H and O–H groups in total. The Morgan fingerprint density at radius 1 is 1.09 bits per heavy atom. The molecule has 1 amide bonds. The normalized spacial score (nSPS) is 12.7. The summed E-state index contributed by atoms with van der Waals surface area (Å²) in [7, 11) is -3.07. The van der Waals surface area contributed by atoms with Gasteiger partial charge in [-0.15, -0.1) is 0 Å². The molecule has 0 aliphatic carbocycles. The third kappa shape index (κ3) is 5.48. The van der Waals surface area contributed by atoms with Gasteiger partial charge in [-0.05, 0) is 42.3 Å². The van der Waals surface area contributed by atoms with Crippen molar-refractivity contribution in [1.29, 1.82) is 0 Å². The summed E-state index contributed by atoms with van der Waals surface area (Å²) in [6.45, 7) is 1.92. The zero-order valence-electron chi connectivity index (χ0n) is 12.9. The minimum atomic E-state index is -3.07. The number of carbonyl (C=O) groups excluding carboxylic acids is 1. The maximum atomic E-state index is 12.3. The van der Waals surface area contributed by atoms with E-state index in [1.807, 2.05) is 31.2 Å². The summed E-state index contributed by atoms with van der Waals surface area (Å²) in [4.78, 5) is 12.3. The summed E-state index contributed by atoms with van der Waals surface area (Å²) in [6.07, 6.45) is 1.19. The molecule has 0 radical (unpaired) electrons. The second kappa shape index (κ2) is 7.27. The molecular weight excluding hydrogens is 378 g/mol. The molecule has 0 bridgehead atoms. The number of amides is 1. The highest BCUT2D eigenvalue weighted by atomic mass is 79.9. The summed E-state index contributed by atoms with van der Waals surface area (Å²) >= 11 is 3.38. The van der Waals surface area contributed by atoms with E-state index >= 15 is 0 Å². The molecule has 0 aliphatic rings. The van der Waals surface area contributed by atoms with E-state index in [0.717, 1.165) is 10.0 Å². The van der Waals surface area contributed by atoms with Gasteiger partial charge in [-0.25, -0.2) is 8.42 Å². The van der Waals surface area contributed by atoms with Crippen LogP contribution in [0.15, 0.2) is 53.0 Å². The molecule has 2 rings (SSSR count). The number of benzene rings is 2. The first-order valence-electron chi connectivity index (χ1n) is 7.07. The molecule has 0 heterocycles. The van der Waals surface area contributed by atoms with E-state index < -0.39 is 9.84 Å². The lowest BCUT2D eigenvalue weighted by Gasteiger charge is -2.14. The third-order valence-corrected chi connectivity index (χ3v) is 4.75. The van der Waals surface area contributed by atoms with Crippen LogP contribution in [-0.2, 0) is 15.6 Å². The molecule has 2 aromatic rings. The van der Waals surface area contributed by atoms with Crippen LogP contribution in [0.1, 0.15) is 34.5 Å². The Bertz CT molecular complexity index is 784. The molecule has 0 fully saturated rings. The van der Waals surface area contributed by atoms with Crippen molar-refractivity contribution in [3.63, 3.8) is 0 Å². The number of halogens is 1. The quantitative estimate of drug-likeness (QED) is 0.842. The maximum absolute atomic E-state index is 12.3. The van der Waals surface area contributed by atoms with Gasteiger partial charge >= 0.3 is 0 Å².